The summed E-state index contributed by atoms with van der Waals surface area (Å²) in [5, 5.41) is 11.5. The molecule has 0 aliphatic carbocycles. The summed E-state index contributed by atoms with van der Waals surface area (Å²) < 4.78 is 25.9. The molecule has 7 heteroatoms. The highest BCUT2D eigenvalue weighted by atomic mass is 32.2. The zero-order valence-corrected chi connectivity index (χ0v) is 13.1. The third-order valence-electron chi connectivity index (χ3n) is 2.93. The topological polar surface area (TPSA) is 95.5 Å². The van der Waals surface area contributed by atoms with Gasteiger partial charge in [-0.2, -0.15) is 0 Å². The van der Waals surface area contributed by atoms with Gasteiger partial charge in [-0.3, -0.25) is 4.79 Å². The molecule has 6 nitrogen and oxygen atoms in total. The Morgan fingerprint density at radius 2 is 1.90 bits per heavy atom. The van der Waals surface area contributed by atoms with Crippen LogP contribution in [0.4, 0.5) is 0 Å². The largest absolute Gasteiger partial charge is 0.396 e. The lowest BCUT2D eigenvalue weighted by molar-refractivity contribution is 0.0936. The van der Waals surface area contributed by atoms with Crippen LogP contribution < -0.4 is 10.0 Å². The first-order valence-corrected chi connectivity index (χ1v) is 8.40. The van der Waals surface area contributed by atoms with Crippen molar-refractivity contribution in [2.75, 3.05) is 13.2 Å². The monoisotopic (exact) mass is 314 g/mol. The van der Waals surface area contributed by atoms with E-state index in [2.05, 4.69) is 10.0 Å². The van der Waals surface area contributed by atoms with Crippen molar-refractivity contribution in [1.29, 1.82) is 0 Å². The molecule has 118 valence electrons. The Morgan fingerprint density at radius 1 is 1.29 bits per heavy atom. The second kappa shape index (κ2) is 8.11. The van der Waals surface area contributed by atoms with Gasteiger partial charge in [0.05, 0.1) is 4.90 Å². The predicted molar refractivity (Wildman–Crippen MR) is 80.6 cm³/mol. The van der Waals surface area contributed by atoms with E-state index in [0.717, 1.165) is 0 Å². The number of hydrogen-bond acceptors (Lipinski definition) is 4. The van der Waals surface area contributed by atoms with Crippen molar-refractivity contribution < 1.29 is 18.3 Å². The highest BCUT2D eigenvalue weighted by Crippen LogP contribution is 2.11. The first-order chi connectivity index (χ1) is 9.90. The van der Waals surface area contributed by atoms with E-state index in [4.69, 9.17) is 5.11 Å². The Morgan fingerprint density at radius 3 is 2.43 bits per heavy atom. The first-order valence-electron chi connectivity index (χ1n) is 6.92. The van der Waals surface area contributed by atoms with Crippen LogP contribution in [0.15, 0.2) is 29.2 Å². The normalized spacial score (nSPS) is 12.9. The SMILES string of the molecule is CCNS(=O)(=O)c1ccc(C(=O)NC(C)CCCO)cc1. The maximum absolute atomic E-state index is 12.0. The summed E-state index contributed by atoms with van der Waals surface area (Å²) in [5.74, 6) is -0.257. The van der Waals surface area contributed by atoms with Crippen LogP contribution in [-0.4, -0.2) is 38.6 Å². The van der Waals surface area contributed by atoms with E-state index < -0.39 is 10.0 Å². The maximum Gasteiger partial charge on any atom is 0.251 e. The highest BCUT2D eigenvalue weighted by molar-refractivity contribution is 7.89. The molecule has 1 amide bonds. The summed E-state index contributed by atoms with van der Waals surface area (Å²) in [6, 6.07) is 5.74. The van der Waals surface area contributed by atoms with E-state index in [0.29, 0.717) is 24.9 Å². The number of carbonyl (C=O) groups excluding carboxylic acids is 1. The van der Waals surface area contributed by atoms with Crippen molar-refractivity contribution in [3.05, 3.63) is 29.8 Å². The maximum atomic E-state index is 12.0. The first kappa shape index (κ1) is 17.6. The van der Waals surface area contributed by atoms with Crippen LogP contribution in [0.1, 0.15) is 37.0 Å². The van der Waals surface area contributed by atoms with Crippen LogP contribution >= 0.6 is 0 Å². The van der Waals surface area contributed by atoms with E-state index in [-0.39, 0.29) is 23.5 Å². The van der Waals surface area contributed by atoms with Crippen LogP contribution in [0, 0.1) is 0 Å². The fourth-order valence-corrected chi connectivity index (χ4v) is 2.88. The fraction of sp³-hybridized carbons (Fsp3) is 0.500. The van der Waals surface area contributed by atoms with Crippen LogP contribution in [0.3, 0.4) is 0 Å². The summed E-state index contributed by atoms with van der Waals surface area (Å²) in [4.78, 5) is 12.1. The van der Waals surface area contributed by atoms with Gasteiger partial charge in [0.2, 0.25) is 10.0 Å². The van der Waals surface area contributed by atoms with Gasteiger partial charge < -0.3 is 10.4 Å². The van der Waals surface area contributed by atoms with Crippen LogP contribution in [0.25, 0.3) is 0 Å². The number of benzene rings is 1. The van der Waals surface area contributed by atoms with Crippen molar-refractivity contribution in [3.63, 3.8) is 0 Å². The molecule has 0 heterocycles. The molecule has 1 rings (SSSR count). The van der Waals surface area contributed by atoms with Gasteiger partial charge >= 0.3 is 0 Å². The third kappa shape index (κ3) is 5.45. The van der Waals surface area contributed by atoms with E-state index in [1.54, 1.807) is 6.92 Å². The molecule has 0 spiro atoms. The van der Waals surface area contributed by atoms with Crippen molar-refractivity contribution >= 4 is 15.9 Å². The van der Waals surface area contributed by atoms with Gasteiger partial charge in [0, 0.05) is 24.8 Å². The van der Waals surface area contributed by atoms with Crippen LogP contribution in [-0.2, 0) is 10.0 Å². The smallest absolute Gasteiger partial charge is 0.251 e. The number of aliphatic hydroxyl groups is 1. The number of sulfonamides is 1. The second-order valence-corrected chi connectivity index (χ2v) is 6.53. The molecule has 1 unspecified atom stereocenters. The summed E-state index contributed by atoms with van der Waals surface area (Å²) in [6.07, 6.45) is 1.32. The number of hydrogen-bond donors (Lipinski definition) is 3. The molecule has 0 aliphatic heterocycles. The summed E-state index contributed by atoms with van der Waals surface area (Å²) in [6.45, 7) is 3.97. The van der Waals surface area contributed by atoms with Gasteiger partial charge in [-0.15, -0.1) is 0 Å². The minimum absolute atomic E-state index is 0.0465. The lowest BCUT2D eigenvalue weighted by Crippen LogP contribution is -2.32. The number of carbonyl (C=O) groups is 1. The Hall–Kier alpha value is -1.44. The van der Waals surface area contributed by atoms with E-state index in [1.165, 1.54) is 24.3 Å². The Kier molecular flexibility index (Phi) is 6.80. The van der Waals surface area contributed by atoms with Crippen LogP contribution in [0.2, 0.25) is 0 Å². The molecule has 0 fully saturated rings. The van der Waals surface area contributed by atoms with E-state index >= 15 is 0 Å². The van der Waals surface area contributed by atoms with Crippen molar-refractivity contribution in [2.45, 2.75) is 37.6 Å². The second-order valence-electron chi connectivity index (χ2n) is 4.77. The lowest BCUT2D eigenvalue weighted by atomic mass is 10.1. The van der Waals surface area contributed by atoms with Crippen molar-refractivity contribution in [1.82, 2.24) is 10.0 Å². The minimum Gasteiger partial charge on any atom is -0.396 e. The molecule has 3 N–H and O–H groups in total. The molecular weight excluding hydrogens is 292 g/mol. The molecule has 0 aromatic heterocycles. The Labute approximate surface area is 125 Å². The predicted octanol–water partition coefficient (Wildman–Crippen LogP) is 0.876. The van der Waals surface area contributed by atoms with Crippen molar-refractivity contribution in [2.24, 2.45) is 0 Å². The summed E-state index contributed by atoms with van der Waals surface area (Å²) >= 11 is 0. The fourth-order valence-electron chi connectivity index (χ4n) is 1.84. The summed E-state index contributed by atoms with van der Waals surface area (Å²) in [5.41, 5.74) is 0.404. The average Bonchev–Trinajstić information content (AvgIpc) is 2.45. The average molecular weight is 314 g/mol. The lowest BCUT2D eigenvalue weighted by Gasteiger charge is -2.13. The molecule has 21 heavy (non-hydrogen) atoms. The molecule has 1 aromatic carbocycles. The zero-order valence-electron chi connectivity index (χ0n) is 12.3. The summed E-state index contributed by atoms with van der Waals surface area (Å²) in [7, 11) is -3.50. The van der Waals surface area contributed by atoms with E-state index in [1.807, 2.05) is 6.92 Å². The molecular formula is C14H22N2O4S. The van der Waals surface area contributed by atoms with Gasteiger partial charge in [0.25, 0.3) is 5.91 Å². The van der Waals surface area contributed by atoms with Gasteiger partial charge in [0.15, 0.2) is 0 Å². The van der Waals surface area contributed by atoms with Gasteiger partial charge in [-0.1, -0.05) is 6.92 Å². The molecule has 1 atom stereocenters. The zero-order chi connectivity index (χ0) is 15.9. The third-order valence-corrected chi connectivity index (χ3v) is 4.50. The molecule has 0 radical (unpaired) electrons. The Bertz CT molecular complexity index is 555. The van der Waals surface area contributed by atoms with Crippen molar-refractivity contribution in [3.8, 4) is 0 Å². The molecule has 0 bridgehead atoms. The molecule has 0 saturated carbocycles. The van der Waals surface area contributed by atoms with E-state index in [9.17, 15) is 13.2 Å². The number of aliphatic hydroxyl groups excluding tert-OH is 1. The molecule has 0 saturated heterocycles. The van der Waals surface area contributed by atoms with Gasteiger partial charge in [0.1, 0.15) is 0 Å². The standard InChI is InChI=1S/C14H22N2O4S/c1-3-15-21(19,20)13-8-6-12(7-9-13)14(18)16-11(2)5-4-10-17/h6-9,11,15,17H,3-5,10H2,1-2H3,(H,16,18). The Balaban J connectivity index is 2.72. The minimum atomic E-state index is -3.50. The highest BCUT2D eigenvalue weighted by Gasteiger charge is 2.14. The number of amides is 1. The number of nitrogens with one attached hydrogen (secondary N) is 2. The molecule has 0 aliphatic rings. The number of rotatable bonds is 8. The molecule has 1 aromatic rings. The van der Waals surface area contributed by atoms with Gasteiger partial charge in [-0.25, -0.2) is 13.1 Å². The van der Waals surface area contributed by atoms with Gasteiger partial charge in [-0.05, 0) is 44.0 Å². The quantitative estimate of drug-likeness (QED) is 0.663. The van der Waals surface area contributed by atoms with Crippen LogP contribution in [0.5, 0.6) is 0 Å².